The second-order valence-electron chi connectivity index (χ2n) is 4.80. The molecule has 0 aliphatic carbocycles. The molecule has 1 aromatic rings. The van der Waals surface area contributed by atoms with Crippen LogP contribution in [0.1, 0.15) is 18.9 Å². The molecule has 0 spiro atoms. The predicted octanol–water partition coefficient (Wildman–Crippen LogP) is 1.49. The summed E-state index contributed by atoms with van der Waals surface area (Å²) < 4.78 is 0. The number of hydrogen-bond acceptors (Lipinski definition) is 4. The fourth-order valence-electron chi connectivity index (χ4n) is 1.79. The van der Waals surface area contributed by atoms with Crippen LogP contribution < -0.4 is 10.6 Å². The second kappa shape index (κ2) is 9.68. The quantitative estimate of drug-likeness (QED) is 0.625. The maximum Gasteiger partial charge on any atom is 0.326 e. The average molecular weight is 336 g/mol. The van der Waals surface area contributed by atoms with Gasteiger partial charge in [0.15, 0.2) is 0 Å². The Labute approximate surface area is 139 Å². The molecule has 0 saturated carbocycles. The van der Waals surface area contributed by atoms with E-state index in [2.05, 4.69) is 10.6 Å². The van der Waals surface area contributed by atoms with E-state index in [4.69, 9.17) is 0 Å². The number of carboxylic acids is 1. The van der Waals surface area contributed by atoms with E-state index in [1.807, 2.05) is 12.3 Å². The molecule has 0 saturated heterocycles. The van der Waals surface area contributed by atoms with Gasteiger partial charge in [0.1, 0.15) is 11.7 Å². The third-order valence-corrected chi connectivity index (χ3v) is 3.52. The van der Waals surface area contributed by atoms with E-state index in [1.165, 1.54) is 24.8 Å². The Morgan fingerprint density at radius 3 is 2.43 bits per heavy atom. The zero-order valence-electron chi connectivity index (χ0n) is 13.0. The molecule has 3 N–H and O–H groups in total. The highest BCUT2D eigenvalue weighted by molar-refractivity contribution is 7.98. The van der Waals surface area contributed by atoms with Gasteiger partial charge in [-0.1, -0.05) is 30.3 Å². The first-order chi connectivity index (χ1) is 10.9. The molecule has 0 unspecified atom stereocenters. The molecular formula is C16H20N2O4S. The first-order valence-corrected chi connectivity index (χ1v) is 8.40. The molecule has 7 heteroatoms. The van der Waals surface area contributed by atoms with Crippen molar-refractivity contribution < 1.29 is 19.5 Å². The standard InChI is InChI=1S/C16H20N2O4S/c1-11(19)17-14(10-12-6-4-3-5-7-12)15(20)18-13(16(21)22)8-9-23-2/h3-7,10,13H,8-9H2,1-2H3,(H,17,19)(H,18,20)(H,21,22)/b14-10+/t13-/m0/s1. The van der Waals surface area contributed by atoms with Crippen LogP contribution in [0.3, 0.4) is 0 Å². The van der Waals surface area contributed by atoms with Crippen molar-refractivity contribution in [3.8, 4) is 0 Å². The lowest BCUT2D eigenvalue weighted by molar-refractivity contribution is -0.141. The van der Waals surface area contributed by atoms with Gasteiger partial charge in [-0.15, -0.1) is 0 Å². The Morgan fingerprint density at radius 2 is 1.91 bits per heavy atom. The van der Waals surface area contributed by atoms with E-state index < -0.39 is 23.8 Å². The highest BCUT2D eigenvalue weighted by Crippen LogP contribution is 2.07. The Kier molecular flexibility index (Phi) is 7.90. The maximum absolute atomic E-state index is 12.3. The SMILES string of the molecule is CSCC[C@H](NC(=O)/C(=C\c1ccccc1)NC(C)=O)C(=O)O. The summed E-state index contributed by atoms with van der Waals surface area (Å²) in [5.74, 6) is -1.53. The number of benzene rings is 1. The van der Waals surface area contributed by atoms with Crippen LogP contribution in [0.25, 0.3) is 6.08 Å². The number of hydrogen-bond donors (Lipinski definition) is 3. The van der Waals surface area contributed by atoms with E-state index >= 15 is 0 Å². The molecule has 23 heavy (non-hydrogen) atoms. The van der Waals surface area contributed by atoms with Crippen LogP contribution in [0.5, 0.6) is 0 Å². The van der Waals surface area contributed by atoms with Crippen LogP contribution in [0.15, 0.2) is 36.0 Å². The summed E-state index contributed by atoms with van der Waals surface area (Å²) in [7, 11) is 0. The van der Waals surface area contributed by atoms with Gasteiger partial charge in [0.2, 0.25) is 5.91 Å². The van der Waals surface area contributed by atoms with Crippen molar-refractivity contribution in [2.45, 2.75) is 19.4 Å². The van der Waals surface area contributed by atoms with E-state index in [1.54, 1.807) is 24.3 Å². The summed E-state index contributed by atoms with van der Waals surface area (Å²) in [6.45, 7) is 1.29. The van der Waals surface area contributed by atoms with E-state index in [0.29, 0.717) is 12.2 Å². The van der Waals surface area contributed by atoms with Gasteiger partial charge in [-0.05, 0) is 30.1 Å². The third-order valence-electron chi connectivity index (χ3n) is 2.88. The lowest BCUT2D eigenvalue weighted by atomic mass is 10.1. The largest absolute Gasteiger partial charge is 0.480 e. The van der Waals surface area contributed by atoms with Gasteiger partial charge in [0.05, 0.1) is 0 Å². The topological polar surface area (TPSA) is 95.5 Å². The van der Waals surface area contributed by atoms with E-state index in [9.17, 15) is 19.5 Å². The molecule has 0 radical (unpaired) electrons. The molecule has 0 aliphatic rings. The predicted molar refractivity (Wildman–Crippen MR) is 90.8 cm³/mol. The maximum atomic E-state index is 12.3. The lowest BCUT2D eigenvalue weighted by Crippen LogP contribution is -2.44. The molecule has 0 bridgehead atoms. The summed E-state index contributed by atoms with van der Waals surface area (Å²) >= 11 is 1.50. The second-order valence-corrected chi connectivity index (χ2v) is 5.78. The third kappa shape index (κ3) is 7.01. The van der Waals surface area contributed by atoms with Crippen LogP contribution in [-0.4, -0.2) is 40.9 Å². The number of amides is 2. The summed E-state index contributed by atoms with van der Waals surface area (Å²) in [6.07, 6.45) is 3.67. The number of carbonyl (C=O) groups is 3. The van der Waals surface area contributed by atoms with Crippen LogP contribution in [0.4, 0.5) is 0 Å². The lowest BCUT2D eigenvalue weighted by Gasteiger charge is -2.15. The minimum atomic E-state index is -1.10. The molecular weight excluding hydrogens is 316 g/mol. The van der Waals surface area contributed by atoms with Crippen molar-refractivity contribution in [3.05, 3.63) is 41.6 Å². The van der Waals surface area contributed by atoms with Gasteiger partial charge < -0.3 is 15.7 Å². The summed E-state index contributed by atoms with van der Waals surface area (Å²) in [5.41, 5.74) is 0.737. The number of carboxylic acid groups (broad SMARTS) is 1. The van der Waals surface area contributed by atoms with Gasteiger partial charge in [0.25, 0.3) is 5.91 Å². The molecule has 1 atom stereocenters. The van der Waals surface area contributed by atoms with E-state index in [0.717, 1.165) is 5.56 Å². The number of nitrogens with one attached hydrogen (secondary N) is 2. The zero-order chi connectivity index (χ0) is 17.2. The van der Waals surface area contributed by atoms with Crippen molar-refractivity contribution in [2.24, 2.45) is 0 Å². The van der Waals surface area contributed by atoms with Crippen molar-refractivity contribution in [3.63, 3.8) is 0 Å². The number of rotatable bonds is 8. The molecule has 2 amide bonds. The Bertz CT molecular complexity index is 587. The number of thioether (sulfide) groups is 1. The monoisotopic (exact) mass is 336 g/mol. The molecule has 1 aromatic carbocycles. The van der Waals surface area contributed by atoms with Crippen LogP contribution in [0, 0.1) is 0 Å². The van der Waals surface area contributed by atoms with Crippen LogP contribution in [0.2, 0.25) is 0 Å². The highest BCUT2D eigenvalue weighted by Gasteiger charge is 2.21. The van der Waals surface area contributed by atoms with Gasteiger partial charge in [-0.3, -0.25) is 9.59 Å². The minimum absolute atomic E-state index is 0.0131. The minimum Gasteiger partial charge on any atom is -0.480 e. The fourth-order valence-corrected chi connectivity index (χ4v) is 2.26. The first kappa shape index (κ1) is 18.8. The van der Waals surface area contributed by atoms with Gasteiger partial charge in [0, 0.05) is 6.92 Å². The van der Waals surface area contributed by atoms with Crippen molar-refractivity contribution in [1.29, 1.82) is 0 Å². The Hall–Kier alpha value is -2.28. The van der Waals surface area contributed by atoms with Crippen LogP contribution in [-0.2, 0) is 14.4 Å². The molecule has 1 rings (SSSR count). The Morgan fingerprint density at radius 1 is 1.26 bits per heavy atom. The van der Waals surface area contributed by atoms with Gasteiger partial charge >= 0.3 is 5.97 Å². The molecule has 0 aromatic heterocycles. The van der Waals surface area contributed by atoms with Crippen molar-refractivity contribution >= 4 is 35.6 Å². The molecule has 0 fully saturated rings. The average Bonchev–Trinajstić information content (AvgIpc) is 2.50. The molecule has 6 nitrogen and oxygen atoms in total. The fraction of sp³-hybridized carbons (Fsp3) is 0.312. The van der Waals surface area contributed by atoms with Crippen molar-refractivity contribution in [2.75, 3.05) is 12.0 Å². The smallest absolute Gasteiger partial charge is 0.326 e. The van der Waals surface area contributed by atoms with Gasteiger partial charge in [-0.25, -0.2) is 4.79 Å². The number of carbonyl (C=O) groups excluding carboxylic acids is 2. The number of aliphatic carboxylic acids is 1. The van der Waals surface area contributed by atoms with E-state index in [-0.39, 0.29) is 5.70 Å². The highest BCUT2D eigenvalue weighted by atomic mass is 32.2. The zero-order valence-corrected chi connectivity index (χ0v) is 13.9. The van der Waals surface area contributed by atoms with Crippen LogP contribution >= 0.6 is 11.8 Å². The van der Waals surface area contributed by atoms with Gasteiger partial charge in [-0.2, -0.15) is 11.8 Å². The molecule has 0 aliphatic heterocycles. The normalized spacial score (nSPS) is 12.3. The molecule has 0 heterocycles. The summed E-state index contributed by atoms with van der Waals surface area (Å²) in [4.78, 5) is 34.8. The summed E-state index contributed by atoms with van der Waals surface area (Å²) in [6, 6.07) is 7.98. The molecule has 124 valence electrons. The Balaban J connectivity index is 2.93. The summed E-state index contributed by atoms with van der Waals surface area (Å²) in [5, 5.41) is 14.1. The van der Waals surface area contributed by atoms with Crippen molar-refractivity contribution in [1.82, 2.24) is 10.6 Å². The first-order valence-electron chi connectivity index (χ1n) is 7.01.